The van der Waals surface area contributed by atoms with Gasteiger partial charge in [-0.2, -0.15) is 0 Å². The molecule has 0 aliphatic carbocycles. The molecule has 2 heterocycles. The van der Waals surface area contributed by atoms with Crippen LogP contribution in [-0.2, 0) is 14.1 Å². The van der Waals surface area contributed by atoms with Crippen molar-refractivity contribution in [2.75, 3.05) is 18.1 Å². The van der Waals surface area contributed by atoms with E-state index >= 15 is 0 Å². The highest BCUT2D eigenvalue weighted by Crippen LogP contribution is 2.37. The Kier molecular flexibility index (Phi) is 7.64. The zero-order valence-electron chi connectivity index (χ0n) is 21.1. The summed E-state index contributed by atoms with van der Waals surface area (Å²) in [4.78, 5) is 26.4. The fourth-order valence-electron chi connectivity index (χ4n) is 3.98. The Morgan fingerprint density at radius 1 is 1.11 bits per heavy atom. The molecule has 0 N–H and O–H groups in total. The van der Waals surface area contributed by atoms with Crippen LogP contribution in [0.5, 0.6) is 0 Å². The summed E-state index contributed by atoms with van der Waals surface area (Å²) in [6.07, 6.45) is 1.34. The van der Waals surface area contributed by atoms with Crippen LogP contribution >= 0.6 is 15.9 Å². The summed E-state index contributed by atoms with van der Waals surface area (Å²) in [7, 11) is -2.07. The first-order valence-corrected chi connectivity index (χ1v) is 15.8. The Balaban J connectivity index is 1.70. The van der Waals surface area contributed by atoms with Gasteiger partial charge in [0.25, 0.3) is 5.91 Å². The van der Waals surface area contributed by atoms with E-state index < -0.39 is 14.4 Å². The largest absolute Gasteiger partial charge is 0.414 e. The molecular formula is C27H34BrN3O3Si. The van der Waals surface area contributed by atoms with Crippen molar-refractivity contribution in [2.24, 2.45) is 10.1 Å². The highest BCUT2D eigenvalue weighted by Gasteiger charge is 2.40. The second kappa shape index (κ2) is 10.4. The number of benzene rings is 2. The third-order valence-corrected chi connectivity index (χ3v) is 12.1. The molecule has 0 radical (unpaired) electrons. The molecule has 0 aromatic heterocycles. The second-order valence-corrected chi connectivity index (χ2v) is 16.4. The van der Waals surface area contributed by atoms with Gasteiger partial charge in [0.2, 0.25) is 0 Å². The van der Waals surface area contributed by atoms with Gasteiger partial charge in [0.15, 0.2) is 14.4 Å². The molecule has 2 aliphatic heterocycles. The van der Waals surface area contributed by atoms with Gasteiger partial charge in [-0.15, -0.1) is 0 Å². The van der Waals surface area contributed by atoms with Crippen LogP contribution in [0.15, 0.2) is 64.7 Å². The number of rotatable bonds is 7. The average molecular weight is 557 g/mol. The van der Waals surface area contributed by atoms with Gasteiger partial charge in [-0.1, -0.05) is 74.5 Å². The summed E-state index contributed by atoms with van der Waals surface area (Å²) in [5, 5.41) is 4.05. The molecule has 35 heavy (non-hydrogen) atoms. The third-order valence-electron chi connectivity index (χ3n) is 7.11. The van der Waals surface area contributed by atoms with Crippen LogP contribution in [-0.4, -0.2) is 49.9 Å². The minimum atomic E-state index is -2.07. The first-order valence-electron chi connectivity index (χ1n) is 12.1. The molecule has 2 atom stereocenters. The fourth-order valence-corrected chi connectivity index (χ4v) is 5.43. The predicted molar refractivity (Wildman–Crippen MR) is 148 cm³/mol. The number of halogens is 1. The number of fused-ring (bicyclic) bond motifs is 1. The van der Waals surface area contributed by atoms with Crippen molar-refractivity contribution in [3.63, 3.8) is 0 Å². The first kappa shape index (κ1) is 25.8. The second-order valence-electron chi connectivity index (χ2n) is 10.6. The lowest BCUT2D eigenvalue weighted by Crippen LogP contribution is -2.46. The molecule has 2 aliphatic rings. The fraction of sp³-hybridized carbons (Fsp3) is 0.444. The summed E-state index contributed by atoms with van der Waals surface area (Å²) >= 11 is 3.41. The van der Waals surface area contributed by atoms with Crippen LogP contribution in [0.3, 0.4) is 0 Å². The smallest absolute Gasteiger partial charge is 0.254 e. The number of anilines is 1. The van der Waals surface area contributed by atoms with E-state index in [0.29, 0.717) is 19.4 Å². The number of amides is 1. The van der Waals surface area contributed by atoms with Crippen molar-refractivity contribution in [3.8, 4) is 0 Å². The van der Waals surface area contributed by atoms with E-state index in [1.54, 1.807) is 0 Å². The van der Waals surface area contributed by atoms with E-state index in [-0.39, 0.29) is 23.7 Å². The van der Waals surface area contributed by atoms with Crippen molar-refractivity contribution in [1.29, 1.82) is 0 Å². The molecule has 1 amide bonds. The van der Waals surface area contributed by atoms with Crippen LogP contribution in [0.25, 0.3) is 0 Å². The summed E-state index contributed by atoms with van der Waals surface area (Å²) in [5.74, 6) is -0.0416. The molecule has 8 heteroatoms. The van der Waals surface area contributed by atoms with Crippen molar-refractivity contribution in [3.05, 3.63) is 65.7 Å². The normalized spacial score (nSPS) is 20.6. The number of carbonyl (C=O) groups excluding carboxylic acids is 1. The molecule has 4 rings (SSSR count). The zero-order valence-corrected chi connectivity index (χ0v) is 23.7. The van der Waals surface area contributed by atoms with Gasteiger partial charge in [-0.05, 0) is 40.1 Å². The van der Waals surface area contributed by atoms with Crippen LogP contribution < -0.4 is 4.90 Å². The highest BCUT2D eigenvalue weighted by molar-refractivity contribution is 9.18. The maximum atomic E-state index is 14.0. The van der Waals surface area contributed by atoms with E-state index in [0.717, 1.165) is 27.1 Å². The quantitative estimate of drug-likeness (QED) is 0.385. The predicted octanol–water partition coefficient (Wildman–Crippen LogP) is 6.15. The molecular weight excluding hydrogens is 522 g/mol. The van der Waals surface area contributed by atoms with Gasteiger partial charge >= 0.3 is 0 Å². The highest BCUT2D eigenvalue weighted by atomic mass is 79.9. The number of aliphatic imine (C=N–C) groups is 1. The number of carbonyl (C=O) groups is 1. The summed E-state index contributed by atoms with van der Waals surface area (Å²) in [6, 6.07) is 17.5. The number of hydrogen-bond donors (Lipinski definition) is 0. The lowest BCUT2D eigenvalue weighted by molar-refractivity contribution is -0.120. The molecule has 0 spiro atoms. The zero-order chi connectivity index (χ0) is 25.2. The van der Waals surface area contributed by atoms with Gasteiger partial charge in [-0.25, -0.2) is 0 Å². The van der Waals surface area contributed by atoms with Gasteiger partial charge in [-0.3, -0.25) is 9.79 Å². The molecule has 0 unspecified atom stereocenters. The number of oxime groups is 1. The Labute approximate surface area is 217 Å². The number of hydrogen-bond acceptors (Lipinski definition) is 5. The molecule has 2 aromatic carbocycles. The van der Waals surface area contributed by atoms with Crippen LogP contribution in [0.4, 0.5) is 5.69 Å². The standard InChI is InChI=1S/C27H34BrN3O3Si/c1-27(2,3)35(4,5)33-18-22-26(32)31(16-15-20-17-24(28)30-34-20)23-14-10-9-13-21(23)25(29-22)19-11-7-6-8-12-19/h6-14,20,22H,15-18H2,1-5H3/t20-,22+/m0/s1. The van der Waals surface area contributed by atoms with Crippen molar-refractivity contribution < 1.29 is 14.1 Å². The van der Waals surface area contributed by atoms with Crippen molar-refractivity contribution >= 4 is 46.2 Å². The Morgan fingerprint density at radius 2 is 1.80 bits per heavy atom. The molecule has 0 saturated carbocycles. The number of para-hydroxylation sites is 1. The Bertz CT molecular complexity index is 1130. The van der Waals surface area contributed by atoms with Crippen LogP contribution in [0.2, 0.25) is 18.1 Å². The number of nitrogens with zero attached hydrogens (tertiary/aromatic N) is 3. The topological polar surface area (TPSA) is 63.5 Å². The molecule has 2 aromatic rings. The lowest BCUT2D eigenvalue weighted by Gasteiger charge is -2.37. The third kappa shape index (κ3) is 5.76. The first-order chi connectivity index (χ1) is 16.6. The van der Waals surface area contributed by atoms with Gasteiger partial charge in [0, 0.05) is 30.5 Å². The molecule has 186 valence electrons. The van der Waals surface area contributed by atoms with Crippen molar-refractivity contribution in [2.45, 2.75) is 63.9 Å². The lowest BCUT2D eigenvalue weighted by atomic mass is 10.00. The maximum Gasteiger partial charge on any atom is 0.254 e. The summed E-state index contributed by atoms with van der Waals surface area (Å²) in [5.41, 5.74) is 3.63. The van der Waals surface area contributed by atoms with Crippen LogP contribution in [0, 0.1) is 0 Å². The average Bonchev–Trinajstić information content (AvgIpc) is 3.19. The van der Waals surface area contributed by atoms with E-state index in [4.69, 9.17) is 14.3 Å². The Morgan fingerprint density at radius 3 is 2.46 bits per heavy atom. The monoisotopic (exact) mass is 555 g/mol. The van der Waals surface area contributed by atoms with E-state index in [1.807, 2.05) is 59.5 Å². The molecule has 0 fully saturated rings. The summed E-state index contributed by atoms with van der Waals surface area (Å²) < 4.78 is 7.32. The van der Waals surface area contributed by atoms with Crippen LogP contribution in [0.1, 0.15) is 44.7 Å². The minimum Gasteiger partial charge on any atom is -0.414 e. The number of benzodiazepines with no additional fused rings is 1. The van der Waals surface area contributed by atoms with Crippen molar-refractivity contribution in [1.82, 2.24) is 0 Å². The van der Waals surface area contributed by atoms with E-state index in [2.05, 4.69) is 55.0 Å². The Hall–Kier alpha value is -2.29. The van der Waals surface area contributed by atoms with Gasteiger partial charge in [0.05, 0.1) is 18.0 Å². The van der Waals surface area contributed by atoms with E-state index in [1.165, 1.54) is 0 Å². The van der Waals surface area contributed by atoms with Gasteiger partial charge in [0.1, 0.15) is 10.7 Å². The SMILES string of the molecule is CC(C)(C)[Si](C)(C)OC[C@H]1N=C(c2ccccc2)c2ccccc2N(CC[C@H]2CC(Br)=NO2)C1=O. The van der Waals surface area contributed by atoms with E-state index in [9.17, 15) is 4.79 Å². The van der Waals surface area contributed by atoms with Gasteiger partial charge < -0.3 is 14.2 Å². The molecule has 0 saturated heterocycles. The molecule has 6 nitrogen and oxygen atoms in total. The maximum absolute atomic E-state index is 14.0. The molecule has 0 bridgehead atoms. The minimum absolute atomic E-state index is 0.0416. The summed E-state index contributed by atoms with van der Waals surface area (Å²) in [6.45, 7) is 11.8.